The van der Waals surface area contributed by atoms with E-state index in [1.54, 1.807) is 24.3 Å². The number of aromatic nitrogens is 1. The normalized spacial score (nSPS) is 19.7. The summed E-state index contributed by atoms with van der Waals surface area (Å²) in [6.07, 6.45) is 2.04. The molecule has 2 amide bonds. The Bertz CT molecular complexity index is 740. The summed E-state index contributed by atoms with van der Waals surface area (Å²) in [4.78, 5) is 27.9. The number of hydrogen-bond donors (Lipinski definition) is 4. The van der Waals surface area contributed by atoms with E-state index < -0.39 is 11.9 Å². The molecular weight excluding hydrogens is 330 g/mol. The van der Waals surface area contributed by atoms with Gasteiger partial charge in [0.25, 0.3) is 11.8 Å². The summed E-state index contributed by atoms with van der Waals surface area (Å²) in [6.45, 7) is 0. The molecule has 24 heavy (non-hydrogen) atoms. The third kappa shape index (κ3) is 3.88. The third-order valence-corrected chi connectivity index (χ3v) is 3.90. The summed E-state index contributed by atoms with van der Waals surface area (Å²) in [6, 6.07) is 11.9. The number of pyridine rings is 1. The number of halogens is 1. The van der Waals surface area contributed by atoms with Gasteiger partial charge in [-0.3, -0.25) is 25.4 Å². The Morgan fingerprint density at radius 1 is 1.12 bits per heavy atom. The zero-order valence-electron chi connectivity index (χ0n) is 12.6. The predicted octanol–water partition coefficient (Wildman–Crippen LogP) is 1.10. The van der Waals surface area contributed by atoms with E-state index in [1.165, 1.54) is 6.20 Å². The van der Waals surface area contributed by atoms with Crippen LogP contribution in [-0.4, -0.2) is 22.8 Å². The van der Waals surface area contributed by atoms with E-state index in [0.29, 0.717) is 11.4 Å². The molecule has 4 N–H and O–H groups in total. The van der Waals surface area contributed by atoms with Crippen LogP contribution in [0.5, 0.6) is 0 Å². The summed E-state index contributed by atoms with van der Waals surface area (Å²) in [5.74, 6) is -0.808. The monoisotopic (exact) mass is 345 g/mol. The number of rotatable bonds is 3. The predicted molar refractivity (Wildman–Crippen MR) is 88.7 cm³/mol. The van der Waals surface area contributed by atoms with E-state index in [1.807, 2.05) is 18.2 Å². The van der Waals surface area contributed by atoms with Crippen LogP contribution in [0.3, 0.4) is 0 Å². The Hall–Kier alpha value is -2.48. The van der Waals surface area contributed by atoms with Crippen molar-refractivity contribution in [3.63, 3.8) is 0 Å². The molecule has 0 bridgehead atoms. The molecule has 0 radical (unpaired) electrons. The van der Waals surface area contributed by atoms with Gasteiger partial charge in [-0.05, 0) is 36.2 Å². The number of amides is 2. The molecule has 3 rings (SSSR count). The van der Waals surface area contributed by atoms with Gasteiger partial charge >= 0.3 is 0 Å². The van der Waals surface area contributed by atoms with E-state index in [-0.39, 0.29) is 17.6 Å². The minimum absolute atomic E-state index is 0.0362. The van der Waals surface area contributed by atoms with Crippen LogP contribution in [0.2, 0.25) is 5.02 Å². The summed E-state index contributed by atoms with van der Waals surface area (Å²) in [5.41, 5.74) is 11.9. The number of carbonyl (C=O) groups excluding carboxylic acids is 2. The molecule has 2 aromatic rings. The molecule has 2 heterocycles. The first-order valence-corrected chi connectivity index (χ1v) is 7.79. The molecule has 1 aromatic heterocycles. The van der Waals surface area contributed by atoms with Crippen molar-refractivity contribution in [1.29, 1.82) is 0 Å². The highest BCUT2D eigenvalue weighted by Crippen LogP contribution is 2.24. The highest BCUT2D eigenvalue weighted by Gasteiger charge is 2.30. The fourth-order valence-electron chi connectivity index (χ4n) is 2.44. The molecular formula is C16H16ClN5O2. The SMILES string of the molecule is O=C(NNC(=O)C1CC(c2cccc(Cl)c2)NN1)c1ccccn1. The van der Waals surface area contributed by atoms with Gasteiger partial charge in [0.15, 0.2) is 0 Å². The highest BCUT2D eigenvalue weighted by molar-refractivity contribution is 6.30. The highest BCUT2D eigenvalue weighted by atomic mass is 35.5. The van der Waals surface area contributed by atoms with Gasteiger partial charge < -0.3 is 0 Å². The van der Waals surface area contributed by atoms with Crippen LogP contribution in [0.1, 0.15) is 28.5 Å². The summed E-state index contributed by atoms with van der Waals surface area (Å²) < 4.78 is 0. The molecule has 1 aliphatic rings. The molecule has 0 aliphatic carbocycles. The van der Waals surface area contributed by atoms with Gasteiger partial charge in [-0.15, -0.1) is 0 Å². The van der Waals surface area contributed by atoms with Crippen molar-refractivity contribution in [2.45, 2.75) is 18.5 Å². The lowest BCUT2D eigenvalue weighted by molar-refractivity contribution is -0.123. The molecule has 1 aliphatic heterocycles. The van der Waals surface area contributed by atoms with Gasteiger partial charge in [-0.1, -0.05) is 29.8 Å². The van der Waals surface area contributed by atoms with Crippen LogP contribution >= 0.6 is 11.6 Å². The van der Waals surface area contributed by atoms with Crippen LogP contribution in [0.4, 0.5) is 0 Å². The van der Waals surface area contributed by atoms with Gasteiger partial charge in [-0.25, -0.2) is 10.9 Å². The van der Waals surface area contributed by atoms with Gasteiger partial charge in [-0.2, -0.15) is 0 Å². The minimum Gasteiger partial charge on any atom is -0.271 e. The lowest BCUT2D eigenvalue weighted by atomic mass is 10.0. The smallest absolute Gasteiger partial charge is 0.271 e. The van der Waals surface area contributed by atoms with Gasteiger partial charge in [0.2, 0.25) is 0 Å². The average Bonchev–Trinajstić information content (AvgIpc) is 3.10. The minimum atomic E-state index is -0.474. The topological polar surface area (TPSA) is 95.2 Å². The second kappa shape index (κ2) is 7.39. The molecule has 2 atom stereocenters. The Balaban J connectivity index is 1.52. The number of hydrazine groups is 2. The van der Waals surface area contributed by atoms with E-state index >= 15 is 0 Å². The van der Waals surface area contributed by atoms with Gasteiger partial charge in [0.05, 0.1) is 0 Å². The first-order chi connectivity index (χ1) is 11.6. The molecule has 7 nitrogen and oxygen atoms in total. The van der Waals surface area contributed by atoms with E-state index in [0.717, 1.165) is 5.56 Å². The number of carbonyl (C=O) groups is 2. The number of nitrogens with zero attached hydrogens (tertiary/aromatic N) is 1. The summed E-state index contributed by atoms with van der Waals surface area (Å²) in [5, 5.41) is 0.643. The lowest BCUT2D eigenvalue weighted by Gasteiger charge is -2.11. The molecule has 8 heteroatoms. The first kappa shape index (κ1) is 16.4. The van der Waals surface area contributed by atoms with Crippen molar-refractivity contribution < 1.29 is 9.59 Å². The number of benzene rings is 1. The standard InChI is InChI=1S/C16H16ClN5O2/c17-11-5-3-4-10(8-11)13-9-14(20-19-13)16(24)22-21-15(23)12-6-1-2-7-18-12/h1-8,13-14,19-20H,9H2,(H,21,23)(H,22,24). The maximum absolute atomic E-state index is 12.2. The van der Waals surface area contributed by atoms with Crippen LogP contribution in [0.15, 0.2) is 48.7 Å². The molecule has 124 valence electrons. The van der Waals surface area contributed by atoms with Crippen molar-refractivity contribution in [3.8, 4) is 0 Å². The molecule has 0 saturated carbocycles. The number of hydrogen-bond acceptors (Lipinski definition) is 5. The molecule has 0 spiro atoms. The number of nitrogens with one attached hydrogen (secondary N) is 4. The van der Waals surface area contributed by atoms with Crippen molar-refractivity contribution in [2.75, 3.05) is 0 Å². The van der Waals surface area contributed by atoms with Crippen molar-refractivity contribution in [2.24, 2.45) is 0 Å². The van der Waals surface area contributed by atoms with Gasteiger partial charge in [0, 0.05) is 17.3 Å². The summed E-state index contributed by atoms with van der Waals surface area (Å²) >= 11 is 5.98. The average molecular weight is 346 g/mol. The molecule has 1 saturated heterocycles. The van der Waals surface area contributed by atoms with Crippen molar-refractivity contribution >= 4 is 23.4 Å². The maximum atomic E-state index is 12.2. The van der Waals surface area contributed by atoms with Crippen molar-refractivity contribution in [1.82, 2.24) is 26.7 Å². The Morgan fingerprint density at radius 2 is 2.00 bits per heavy atom. The van der Waals surface area contributed by atoms with E-state index in [9.17, 15) is 9.59 Å². The van der Waals surface area contributed by atoms with Crippen LogP contribution in [0, 0.1) is 0 Å². The zero-order valence-corrected chi connectivity index (χ0v) is 13.4. The van der Waals surface area contributed by atoms with E-state index in [4.69, 9.17) is 11.6 Å². The first-order valence-electron chi connectivity index (χ1n) is 7.41. The van der Waals surface area contributed by atoms with E-state index in [2.05, 4.69) is 26.7 Å². The molecule has 1 fully saturated rings. The second-order valence-corrected chi connectivity index (χ2v) is 5.78. The van der Waals surface area contributed by atoms with Crippen LogP contribution < -0.4 is 21.7 Å². The quantitative estimate of drug-likeness (QED) is 0.625. The van der Waals surface area contributed by atoms with Crippen molar-refractivity contribution in [3.05, 3.63) is 64.9 Å². The largest absolute Gasteiger partial charge is 0.288 e. The Labute approximate surface area is 143 Å². The van der Waals surface area contributed by atoms with Gasteiger partial charge in [0.1, 0.15) is 11.7 Å². The third-order valence-electron chi connectivity index (χ3n) is 3.67. The fourth-order valence-corrected chi connectivity index (χ4v) is 2.64. The second-order valence-electron chi connectivity index (χ2n) is 5.34. The Kier molecular flexibility index (Phi) is 5.05. The molecule has 1 aromatic carbocycles. The Morgan fingerprint density at radius 3 is 2.75 bits per heavy atom. The maximum Gasteiger partial charge on any atom is 0.288 e. The summed E-state index contributed by atoms with van der Waals surface area (Å²) in [7, 11) is 0. The zero-order chi connectivity index (χ0) is 16.9. The molecule has 2 unspecified atom stereocenters. The van der Waals surface area contributed by atoms with Crippen LogP contribution in [-0.2, 0) is 4.79 Å². The fraction of sp³-hybridized carbons (Fsp3) is 0.188. The lowest BCUT2D eigenvalue weighted by Crippen LogP contribution is -2.50. The van der Waals surface area contributed by atoms with Crippen LogP contribution in [0.25, 0.3) is 0 Å².